The minimum absolute atomic E-state index is 0.270. The smallest absolute Gasteiger partial charge is 0.335 e. The van der Waals surface area contributed by atoms with Crippen LogP contribution < -0.4 is 5.32 Å². The zero-order valence-electron chi connectivity index (χ0n) is 13.1. The average Bonchev–Trinajstić information content (AvgIpc) is 3.02. The largest absolute Gasteiger partial charge is 0.478 e. The van der Waals surface area contributed by atoms with E-state index in [0.29, 0.717) is 0 Å². The van der Waals surface area contributed by atoms with Gasteiger partial charge < -0.3 is 10.4 Å². The first-order valence-electron chi connectivity index (χ1n) is 7.94. The Bertz CT molecular complexity index is 900. The SMILES string of the molecule is O=C(O)c1cccc(-n2nc(-c3ccccc3)c3c2CCNC3)c1. The highest BCUT2D eigenvalue weighted by atomic mass is 16.4. The molecule has 0 saturated carbocycles. The summed E-state index contributed by atoms with van der Waals surface area (Å²) in [5.74, 6) is -0.928. The fraction of sp³-hybridized carbons (Fsp3) is 0.158. The molecule has 0 amide bonds. The van der Waals surface area contributed by atoms with Crippen LogP contribution in [0.25, 0.3) is 16.9 Å². The molecular weight excluding hydrogens is 302 g/mol. The molecule has 5 heteroatoms. The number of nitrogens with one attached hydrogen (secondary N) is 1. The topological polar surface area (TPSA) is 67.1 Å². The van der Waals surface area contributed by atoms with Gasteiger partial charge in [0, 0.05) is 30.6 Å². The van der Waals surface area contributed by atoms with Gasteiger partial charge in [-0.15, -0.1) is 0 Å². The van der Waals surface area contributed by atoms with Crippen LogP contribution in [0, 0.1) is 0 Å². The van der Waals surface area contributed by atoms with Crippen LogP contribution in [0.4, 0.5) is 0 Å². The third-order valence-corrected chi connectivity index (χ3v) is 4.32. The first-order chi connectivity index (χ1) is 11.7. The van der Waals surface area contributed by atoms with Crippen molar-refractivity contribution in [2.45, 2.75) is 13.0 Å². The summed E-state index contributed by atoms with van der Waals surface area (Å²) < 4.78 is 1.89. The Hall–Kier alpha value is -2.92. The lowest BCUT2D eigenvalue weighted by Gasteiger charge is -2.16. The lowest BCUT2D eigenvalue weighted by atomic mass is 10.0. The monoisotopic (exact) mass is 319 g/mol. The van der Waals surface area contributed by atoms with E-state index in [-0.39, 0.29) is 5.56 Å². The van der Waals surface area contributed by atoms with Gasteiger partial charge in [0.15, 0.2) is 0 Å². The Balaban J connectivity index is 1.89. The number of aromatic carboxylic acids is 1. The van der Waals surface area contributed by atoms with Crippen molar-refractivity contribution >= 4 is 5.97 Å². The number of carboxylic acid groups (broad SMARTS) is 1. The van der Waals surface area contributed by atoms with E-state index in [4.69, 9.17) is 5.10 Å². The molecular formula is C19H17N3O2. The van der Waals surface area contributed by atoms with Crippen molar-refractivity contribution in [2.24, 2.45) is 0 Å². The Labute approximate surface area is 139 Å². The molecule has 0 unspecified atom stereocenters. The molecule has 120 valence electrons. The van der Waals surface area contributed by atoms with Gasteiger partial charge >= 0.3 is 5.97 Å². The summed E-state index contributed by atoms with van der Waals surface area (Å²) in [5.41, 5.74) is 5.43. The summed E-state index contributed by atoms with van der Waals surface area (Å²) >= 11 is 0. The number of aromatic nitrogens is 2. The van der Waals surface area contributed by atoms with Crippen molar-refractivity contribution in [3.8, 4) is 16.9 Å². The second kappa shape index (κ2) is 5.94. The van der Waals surface area contributed by atoms with Crippen LogP contribution in [0.15, 0.2) is 54.6 Å². The molecule has 2 aromatic carbocycles. The lowest BCUT2D eigenvalue weighted by Crippen LogP contribution is -2.24. The number of fused-ring (bicyclic) bond motifs is 1. The predicted octanol–water partition coefficient (Wildman–Crippen LogP) is 2.88. The Kier molecular flexibility index (Phi) is 3.63. The molecule has 24 heavy (non-hydrogen) atoms. The van der Waals surface area contributed by atoms with Crippen molar-refractivity contribution in [2.75, 3.05) is 6.54 Å². The maximum absolute atomic E-state index is 11.3. The van der Waals surface area contributed by atoms with Gasteiger partial charge in [0.05, 0.1) is 22.6 Å². The van der Waals surface area contributed by atoms with Gasteiger partial charge in [-0.25, -0.2) is 9.48 Å². The zero-order chi connectivity index (χ0) is 16.5. The highest BCUT2D eigenvalue weighted by Crippen LogP contribution is 2.29. The van der Waals surface area contributed by atoms with E-state index in [0.717, 1.165) is 42.1 Å². The maximum Gasteiger partial charge on any atom is 0.335 e. The minimum atomic E-state index is -0.928. The van der Waals surface area contributed by atoms with E-state index < -0.39 is 5.97 Å². The van der Waals surface area contributed by atoms with Crippen molar-refractivity contribution in [1.82, 2.24) is 15.1 Å². The van der Waals surface area contributed by atoms with Gasteiger partial charge in [-0.1, -0.05) is 36.4 Å². The normalized spacial score (nSPS) is 13.5. The van der Waals surface area contributed by atoms with Gasteiger partial charge in [0.1, 0.15) is 0 Å². The molecule has 0 atom stereocenters. The molecule has 0 radical (unpaired) electrons. The summed E-state index contributed by atoms with van der Waals surface area (Å²) in [7, 11) is 0. The van der Waals surface area contributed by atoms with E-state index in [2.05, 4.69) is 17.4 Å². The van der Waals surface area contributed by atoms with E-state index >= 15 is 0 Å². The lowest BCUT2D eigenvalue weighted by molar-refractivity contribution is 0.0697. The van der Waals surface area contributed by atoms with Crippen LogP contribution in [0.5, 0.6) is 0 Å². The molecule has 2 N–H and O–H groups in total. The van der Waals surface area contributed by atoms with Crippen LogP contribution in [0.1, 0.15) is 21.6 Å². The molecule has 0 aliphatic carbocycles. The van der Waals surface area contributed by atoms with Gasteiger partial charge in [0.2, 0.25) is 0 Å². The maximum atomic E-state index is 11.3. The van der Waals surface area contributed by atoms with Crippen molar-refractivity contribution in [3.05, 3.63) is 71.4 Å². The molecule has 1 aliphatic heterocycles. The molecule has 0 saturated heterocycles. The van der Waals surface area contributed by atoms with E-state index in [1.807, 2.05) is 28.9 Å². The summed E-state index contributed by atoms with van der Waals surface area (Å²) in [6, 6.07) is 17.0. The average molecular weight is 319 g/mol. The number of carbonyl (C=O) groups is 1. The second-order valence-corrected chi connectivity index (χ2v) is 5.83. The third-order valence-electron chi connectivity index (χ3n) is 4.32. The Morgan fingerprint density at radius 3 is 2.75 bits per heavy atom. The Morgan fingerprint density at radius 2 is 1.96 bits per heavy atom. The molecule has 0 fully saturated rings. The minimum Gasteiger partial charge on any atom is -0.478 e. The van der Waals surface area contributed by atoms with E-state index in [1.165, 1.54) is 5.56 Å². The fourth-order valence-electron chi connectivity index (χ4n) is 3.16. The van der Waals surface area contributed by atoms with E-state index in [9.17, 15) is 9.90 Å². The molecule has 2 heterocycles. The molecule has 3 aromatic rings. The van der Waals surface area contributed by atoms with Crippen LogP contribution in [-0.4, -0.2) is 27.4 Å². The molecule has 0 bridgehead atoms. The summed E-state index contributed by atoms with van der Waals surface area (Å²) in [6.07, 6.45) is 0.868. The molecule has 4 rings (SSSR count). The summed E-state index contributed by atoms with van der Waals surface area (Å²) in [6.45, 7) is 1.67. The van der Waals surface area contributed by atoms with Crippen molar-refractivity contribution < 1.29 is 9.90 Å². The van der Waals surface area contributed by atoms with Crippen LogP contribution in [-0.2, 0) is 13.0 Å². The molecule has 0 spiro atoms. The van der Waals surface area contributed by atoms with Gasteiger partial charge in [-0.3, -0.25) is 0 Å². The van der Waals surface area contributed by atoms with Crippen molar-refractivity contribution in [3.63, 3.8) is 0 Å². The summed E-state index contributed by atoms with van der Waals surface area (Å²) in [5, 5.41) is 17.5. The predicted molar refractivity (Wildman–Crippen MR) is 91.4 cm³/mol. The van der Waals surface area contributed by atoms with E-state index in [1.54, 1.807) is 18.2 Å². The van der Waals surface area contributed by atoms with Crippen LogP contribution in [0.3, 0.4) is 0 Å². The van der Waals surface area contributed by atoms with Crippen molar-refractivity contribution in [1.29, 1.82) is 0 Å². The number of rotatable bonds is 3. The first kappa shape index (κ1) is 14.7. The number of carboxylic acids is 1. The van der Waals surface area contributed by atoms with Gasteiger partial charge in [0.25, 0.3) is 0 Å². The number of nitrogens with zero attached hydrogens (tertiary/aromatic N) is 2. The van der Waals surface area contributed by atoms with Crippen LogP contribution >= 0.6 is 0 Å². The first-order valence-corrected chi connectivity index (χ1v) is 7.94. The zero-order valence-corrected chi connectivity index (χ0v) is 13.1. The Morgan fingerprint density at radius 1 is 1.12 bits per heavy atom. The fourth-order valence-corrected chi connectivity index (χ4v) is 3.16. The molecule has 5 nitrogen and oxygen atoms in total. The van der Waals surface area contributed by atoms with Gasteiger partial charge in [-0.05, 0) is 18.2 Å². The number of hydrogen-bond donors (Lipinski definition) is 2. The second-order valence-electron chi connectivity index (χ2n) is 5.83. The molecule has 1 aromatic heterocycles. The van der Waals surface area contributed by atoms with Gasteiger partial charge in [-0.2, -0.15) is 5.10 Å². The van der Waals surface area contributed by atoms with Crippen LogP contribution in [0.2, 0.25) is 0 Å². The molecule has 1 aliphatic rings. The highest BCUT2D eigenvalue weighted by Gasteiger charge is 2.22. The quantitative estimate of drug-likeness (QED) is 0.779. The number of benzene rings is 2. The third kappa shape index (κ3) is 2.49. The summed E-state index contributed by atoms with van der Waals surface area (Å²) in [4.78, 5) is 11.3. The standard InChI is InChI=1S/C19H17N3O2/c23-19(24)14-7-4-8-15(11-14)22-17-9-10-20-12-16(17)18(21-22)13-5-2-1-3-6-13/h1-8,11,20H,9-10,12H2,(H,23,24). The highest BCUT2D eigenvalue weighted by molar-refractivity contribution is 5.88. The number of hydrogen-bond acceptors (Lipinski definition) is 3.